The van der Waals surface area contributed by atoms with Gasteiger partial charge in [-0.05, 0) is 48.1 Å². The summed E-state index contributed by atoms with van der Waals surface area (Å²) in [6, 6.07) is 25.1. The van der Waals surface area contributed by atoms with Crippen LogP contribution >= 0.6 is 17.0 Å². The average Bonchev–Trinajstić information content (AvgIpc) is 2.84. The Balaban J connectivity index is 0.00000137. The van der Waals surface area contributed by atoms with Crippen LogP contribution in [0.5, 0.6) is 5.75 Å². The Morgan fingerprint density at radius 3 is 2.03 bits per heavy atom. The van der Waals surface area contributed by atoms with Gasteiger partial charge in [0.05, 0.1) is 0 Å². The van der Waals surface area contributed by atoms with Crippen molar-refractivity contribution in [1.82, 2.24) is 0 Å². The fourth-order valence-electron chi connectivity index (χ4n) is 4.14. The van der Waals surface area contributed by atoms with E-state index in [4.69, 9.17) is 22.0 Å². The zero-order valence-corrected chi connectivity index (χ0v) is 25.4. The normalized spacial score (nSPS) is 12.3. The first-order valence-electron chi connectivity index (χ1n) is 12.2. The van der Waals surface area contributed by atoms with Gasteiger partial charge in [0, 0.05) is 28.8 Å². The van der Waals surface area contributed by atoms with Crippen LogP contribution in [0.25, 0.3) is 11.1 Å². The standard InChI is InChI=1S/C30H37NO.2ClH.Zr/c1-22(2)13-12-14-23(3)31-21-26-19-25(24-15-8-6-9-16-24)20-28(29(26)32)30(4,5)27-17-10-7-11-18-27;;;/h6-11,15-23,32H,12-14H2,1-5H3;2*1H;/q;;;+2/p-2. The van der Waals surface area contributed by atoms with E-state index in [-0.39, 0.29) is 11.5 Å². The molecule has 0 aliphatic heterocycles. The van der Waals surface area contributed by atoms with Crippen LogP contribution in [-0.2, 0) is 26.3 Å². The molecular weight excluding hydrogens is 552 g/mol. The van der Waals surface area contributed by atoms with Crippen molar-refractivity contribution >= 4 is 23.2 Å². The molecule has 0 aromatic heterocycles. The molecule has 3 rings (SSSR count). The van der Waals surface area contributed by atoms with Crippen molar-refractivity contribution in [3.8, 4) is 16.9 Å². The van der Waals surface area contributed by atoms with Crippen LogP contribution in [-0.4, -0.2) is 17.4 Å². The summed E-state index contributed by atoms with van der Waals surface area (Å²) < 4.78 is 0. The fourth-order valence-corrected chi connectivity index (χ4v) is 4.14. The maximum atomic E-state index is 11.3. The van der Waals surface area contributed by atoms with Gasteiger partial charge in [-0.25, -0.2) is 0 Å². The molecule has 1 unspecified atom stereocenters. The van der Waals surface area contributed by atoms with Gasteiger partial charge in [-0.15, -0.1) is 0 Å². The predicted molar refractivity (Wildman–Crippen MR) is 150 cm³/mol. The van der Waals surface area contributed by atoms with Crippen LogP contribution in [0.15, 0.2) is 77.8 Å². The Morgan fingerprint density at radius 1 is 0.886 bits per heavy atom. The van der Waals surface area contributed by atoms with E-state index in [0.717, 1.165) is 34.6 Å². The van der Waals surface area contributed by atoms with E-state index >= 15 is 0 Å². The van der Waals surface area contributed by atoms with Crippen molar-refractivity contribution in [3.63, 3.8) is 0 Å². The summed E-state index contributed by atoms with van der Waals surface area (Å²) >= 11 is -0.826. The summed E-state index contributed by atoms with van der Waals surface area (Å²) in [5, 5.41) is 11.3. The number of phenolic OH excluding ortho intramolecular Hbond substituents is 1. The summed E-state index contributed by atoms with van der Waals surface area (Å²) in [5.74, 6) is 1.04. The molecule has 0 heterocycles. The molecule has 5 heteroatoms. The number of hydrogen-bond donors (Lipinski definition) is 1. The Kier molecular flexibility index (Phi) is 12.8. The number of benzene rings is 3. The van der Waals surface area contributed by atoms with Crippen LogP contribution in [0.4, 0.5) is 0 Å². The third-order valence-corrected chi connectivity index (χ3v) is 6.29. The number of halogens is 2. The van der Waals surface area contributed by atoms with Gasteiger partial charge in [0.25, 0.3) is 0 Å². The second-order valence-corrected chi connectivity index (χ2v) is 13.6. The van der Waals surface area contributed by atoms with Gasteiger partial charge in [0.15, 0.2) is 0 Å². The molecule has 0 radical (unpaired) electrons. The van der Waals surface area contributed by atoms with Crippen molar-refractivity contribution < 1.29 is 26.0 Å². The first-order valence-corrected chi connectivity index (χ1v) is 18.5. The van der Waals surface area contributed by atoms with Gasteiger partial charge in [0.2, 0.25) is 0 Å². The minimum atomic E-state index is -0.826. The van der Waals surface area contributed by atoms with Crippen LogP contribution < -0.4 is 0 Å². The molecule has 186 valence electrons. The van der Waals surface area contributed by atoms with Gasteiger partial charge in [-0.2, -0.15) is 0 Å². The molecule has 0 aliphatic carbocycles. The maximum absolute atomic E-state index is 11.3. The van der Waals surface area contributed by atoms with Gasteiger partial charge in [0.1, 0.15) is 5.75 Å². The molecule has 3 aromatic rings. The van der Waals surface area contributed by atoms with Gasteiger partial charge in [-0.1, -0.05) is 101 Å². The first kappa shape index (κ1) is 29.8. The summed E-state index contributed by atoms with van der Waals surface area (Å²) in [5.41, 5.74) is 4.75. The van der Waals surface area contributed by atoms with Crippen molar-refractivity contribution in [1.29, 1.82) is 0 Å². The molecule has 0 bridgehead atoms. The van der Waals surface area contributed by atoms with E-state index in [2.05, 4.69) is 95.3 Å². The van der Waals surface area contributed by atoms with Crippen LogP contribution in [0, 0.1) is 5.92 Å². The molecule has 0 fully saturated rings. The number of phenols is 1. The molecule has 0 saturated carbocycles. The number of rotatable bonds is 9. The minimum absolute atomic E-state index is 0.235. The molecule has 3 aromatic carbocycles. The molecule has 1 atom stereocenters. The molecule has 2 nitrogen and oxygen atoms in total. The summed E-state index contributed by atoms with van der Waals surface area (Å²) in [6.45, 7) is 11.0. The van der Waals surface area contributed by atoms with Gasteiger partial charge >= 0.3 is 37.9 Å². The molecule has 0 amide bonds. The Morgan fingerprint density at radius 2 is 1.46 bits per heavy atom. The number of nitrogens with zero attached hydrogens (tertiary/aromatic N) is 1. The van der Waals surface area contributed by atoms with E-state index in [1.165, 1.54) is 18.4 Å². The van der Waals surface area contributed by atoms with E-state index < -0.39 is 20.8 Å². The second-order valence-electron chi connectivity index (χ2n) is 9.84. The molecule has 1 N–H and O–H groups in total. The van der Waals surface area contributed by atoms with Gasteiger partial charge in [-0.3, -0.25) is 4.99 Å². The number of hydrogen-bond acceptors (Lipinski definition) is 2. The zero-order chi connectivity index (χ0) is 25.8. The van der Waals surface area contributed by atoms with E-state index in [9.17, 15) is 5.11 Å². The number of aliphatic imine (C=N–C) groups is 1. The SMILES string of the molecule is CC(C)CCCC(C)N=Cc1cc(-c2ccccc2)cc(C(C)(C)c2ccccc2)c1O.[Cl][Zr][Cl]. The third-order valence-electron chi connectivity index (χ3n) is 6.29. The zero-order valence-electron chi connectivity index (χ0n) is 21.4. The summed E-state index contributed by atoms with van der Waals surface area (Å²) in [7, 11) is 9.87. The van der Waals surface area contributed by atoms with Crippen molar-refractivity contribution in [2.24, 2.45) is 10.9 Å². The van der Waals surface area contributed by atoms with Crippen LogP contribution in [0.1, 0.15) is 70.6 Å². The monoisotopic (exact) mass is 587 g/mol. The first-order chi connectivity index (χ1) is 16.7. The molecule has 0 aliphatic rings. The fraction of sp³-hybridized carbons (Fsp3) is 0.367. The van der Waals surface area contributed by atoms with E-state index in [1.807, 2.05) is 18.3 Å². The average molecular weight is 590 g/mol. The van der Waals surface area contributed by atoms with E-state index in [0.29, 0.717) is 5.75 Å². The van der Waals surface area contributed by atoms with Crippen LogP contribution in [0.3, 0.4) is 0 Å². The second kappa shape index (κ2) is 15.0. The number of aromatic hydroxyl groups is 1. The van der Waals surface area contributed by atoms with Gasteiger partial charge < -0.3 is 5.11 Å². The topological polar surface area (TPSA) is 32.6 Å². The molecule has 0 spiro atoms. The molecule has 0 saturated heterocycles. The van der Waals surface area contributed by atoms with Crippen molar-refractivity contribution in [2.45, 2.75) is 65.3 Å². The Hall–Kier alpha value is -1.41. The predicted octanol–water partition coefficient (Wildman–Crippen LogP) is 9.40. The summed E-state index contributed by atoms with van der Waals surface area (Å²) in [6.07, 6.45) is 5.34. The third kappa shape index (κ3) is 9.20. The molecular formula is C30H37Cl2NOZr. The van der Waals surface area contributed by atoms with Crippen molar-refractivity contribution in [2.75, 3.05) is 0 Å². The Bertz CT molecular complexity index is 1050. The van der Waals surface area contributed by atoms with Crippen molar-refractivity contribution in [3.05, 3.63) is 89.5 Å². The molecule has 35 heavy (non-hydrogen) atoms. The van der Waals surface area contributed by atoms with Crippen LogP contribution in [0.2, 0.25) is 0 Å². The summed E-state index contributed by atoms with van der Waals surface area (Å²) in [4.78, 5) is 4.80. The van der Waals surface area contributed by atoms with E-state index in [1.54, 1.807) is 0 Å². The quantitative estimate of drug-likeness (QED) is 0.248. The Labute approximate surface area is 230 Å².